The van der Waals surface area contributed by atoms with E-state index in [9.17, 15) is 4.79 Å². The normalized spacial score (nSPS) is 11.0. The number of aromatic nitrogens is 1. The molecule has 0 N–H and O–H groups in total. The number of rotatable bonds is 6. The summed E-state index contributed by atoms with van der Waals surface area (Å²) in [6, 6.07) is 3.91. The molecular weight excluding hydrogens is 226 g/mol. The Morgan fingerprint density at radius 1 is 1.33 bits per heavy atom. The van der Waals surface area contributed by atoms with E-state index < -0.39 is 0 Å². The van der Waals surface area contributed by atoms with E-state index >= 15 is 0 Å². The van der Waals surface area contributed by atoms with Gasteiger partial charge in [-0.05, 0) is 25.7 Å². The molecule has 100 valence electrons. The minimum absolute atomic E-state index is 0.0313. The van der Waals surface area contributed by atoms with Crippen molar-refractivity contribution < 1.29 is 4.79 Å². The Balaban J connectivity index is 2.68. The number of likely N-dealkylation sites (N-methyl/N-ethyl adjacent to an activating group) is 1. The van der Waals surface area contributed by atoms with Crippen LogP contribution in [0.4, 0.5) is 0 Å². The molecule has 0 aromatic carbocycles. The van der Waals surface area contributed by atoms with E-state index in [0.717, 1.165) is 18.7 Å². The molecule has 1 amide bonds. The first kappa shape index (κ1) is 14.6. The van der Waals surface area contributed by atoms with Gasteiger partial charge in [-0.3, -0.25) is 9.78 Å². The number of carbonyl (C=O) groups excluding carboxylic acids is 1. The van der Waals surface area contributed by atoms with Crippen molar-refractivity contribution in [3.63, 3.8) is 0 Å². The summed E-state index contributed by atoms with van der Waals surface area (Å²) in [5.74, 6) is 0.226. The molecule has 0 aliphatic rings. The highest BCUT2D eigenvalue weighted by atomic mass is 16.2. The fraction of sp³-hybridized carbons (Fsp3) is 0.571. The zero-order valence-corrected chi connectivity index (χ0v) is 11.8. The summed E-state index contributed by atoms with van der Waals surface area (Å²) in [4.78, 5) is 20.2. The van der Waals surface area contributed by atoms with Crippen LogP contribution in [0.25, 0.3) is 0 Å². The third-order valence-electron chi connectivity index (χ3n) is 2.72. The Labute approximate surface area is 110 Å². The van der Waals surface area contributed by atoms with Crippen LogP contribution < -0.4 is 0 Å². The number of nitrogens with zero attached hydrogens (tertiary/aromatic N) is 3. The van der Waals surface area contributed by atoms with Crippen LogP contribution in [-0.2, 0) is 11.3 Å². The highest BCUT2D eigenvalue weighted by Crippen LogP contribution is 2.07. The topological polar surface area (TPSA) is 36.4 Å². The maximum absolute atomic E-state index is 12.1. The lowest BCUT2D eigenvalue weighted by atomic mass is 10.1. The average Bonchev–Trinajstić information content (AvgIpc) is 2.34. The molecule has 4 nitrogen and oxygen atoms in total. The molecule has 1 heterocycles. The summed E-state index contributed by atoms with van der Waals surface area (Å²) in [5.41, 5.74) is 1.07. The fourth-order valence-electron chi connectivity index (χ4n) is 1.67. The molecule has 1 aromatic rings. The summed E-state index contributed by atoms with van der Waals surface area (Å²) in [6.07, 6.45) is 3.56. The van der Waals surface area contributed by atoms with Gasteiger partial charge in [0, 0.05) is 37.9 Å². The second-order valence-corrected chi connectivity index (χ2v) is 5.08. The van der Waals surface area contributed by atoms with E-state index in [2.05, 4.69) is 9.88 Å². The van der Waals surface area contributed by atoms with Crippen LogP contribution >= 0.6 is 0 Å². The second kappa shape index (κ2) is 7.11. The maximum Gasteiger partial charge on any atom is 0.225 e. The molecule has 0 aliphatic heterocycles. The highest BCUT2D eigenvalue weighted by Gasteiger charge is 2.17. The van der Waals surface area contributed by atoms with E-state index in [4.69, 9.17) is 0 Å². The molecule has 0 radical (unpaired) electrons. The van der Waals surface area contributed by atoms with E-state index in [1.807, 2.05) is 51.2 Å². The van der Waals surface area contributed by atoms with Gasteiger partial charge in [0.25, 0.3) is 0 Å². The van der Waals surface area contributed by atoms with E-state index in [1.165, 1.54) is 0 Å². The summed E-state index contributed by atoms with van der Waals surface area (Å²) in [7, 11) is 4.03. The lowest BCUT2D eigenvalue weighted by Crippen LogP contribution is -2.38. The first-order valence-electron chi connectivity index (χ1n) is 6.33. The van der Waals surface area contributed by atoms with Gasteiger partial charge in [0.1, 0.15) is 0 Å². The molecule has 0 atom stereocenters. The monoisotopic (exact) mass is 249 g/mol. The maximum atomic E-state index is 12.1. The molecule has 0 spiro atoms. The first-order chi connectivity index (χ1) is 8.50. The Bertz CT molecular complexity index is 363. The van der Waals surface area contributed by atoms with Gasteiger partial charge in [-0.25, -0.2) is 0 Å². The van der Waals surface area contributed by atoms with E-state index in [1.54, 1.807) is 6.20 Å². The van der Waals surface area contributed by atoms with Crippen LogP contribution in [0.2, 0.25) is 0 Å². The van der Waals surface area contributed by atoms with Crippen LogP contribution in [0.3, 0.4) is 0 Å². The number of amides is 1. The van der Waals surface area contributed by atoms with Crippen molar-refractivity contribution in [2.75, 3.05) is 27.2 Å². The van der Waals surface area contributed by atoms with Gasteiger partial charge in [0.05, 0.1) is 0 Å². The highest BCUT2D eigenvalue weighted by molar-refractivity contribution is 5.78. The van der Waals surface area contributed by atoms with Crippen molar-refractivity contribution in [2.24, 2.45) is 5.92 Å². The third kappa shape index (κ3) is 4.84. The molecule has 0 saturated carbocycles. The van der Waals surface area contributed by atoms with Crippen LogP contribution in [0.15, 0.2) is 24.5 Å². The predicted octanol–water partition coefficient (Wildman–Crippen LogP) is 1.63. The fourth-order valence-corrected chi connectivity index (χ4v) is 1.67. The van der Waals surface area contributed by atoms with E-state index in [0.29, 0.717) is 6.54 Å². The van der Waals surface area contributed by atoms with Gasteiger partial charge in [0.2, 0.25) is 5.91 Å². The largest absolute Gasteiger partial charge is 0.337 e. The van der Waals surface area contributed by atoms with Crippen molar-refractivity contribution in [2.45, 2.75) is 20.4 Å². The molecule has 4 heteroatoms. The molecule has 0 bridgehead atoms. The van der Waals surface area contributed by atoms with Crippen molar-refractivity contribution in [1.29, 1.82) is 0 Å². The van der Waals surface area contributed by atoms with Gasteiger partial charge in [0.15, 0.2) is 0 Å². The molecule has 0 unspecified atom stereocenters. The van der Waals surface area contributed by atoms with Crippen LogP contribution in [0, 0.1) is 5.92 Å². The Morgan fingerprint density at radius 2 is 2.06 bits per heavy atom. The summed E-state index contributed by atoms with van der Waals surface area (Å²) in [6.45, 7) is 6.14. The number of pyridine rings is 1. The predicted molar refractivity (Wildman–Crippen MR) is 73.0 cm³/mol. The molecule has 1 aromatic heterocycles. The Hall–Kier alpha value is -1.42. The van der Waals surface area contributed by atoms with Crippen LogP contribution in [-0.4, -0.2) is 47.9 Å². The van der Waals surface area contributed by atoms with Crippen molar-refractivity contribution in [1.82, 2.24) is 14.8 Å². The zero-order chi connectivity index (χ0) is 13.5. The SMILES string of the molecule is CC(C)C(=O)N(CCN(C)C)Cc1cccnc1. The minimum atomic E-state index is 0.0313. The smallest absolute Gasteiger partial charge is 0.225 e. The van der Waals surface area contributed by atoms with Gasteiger partial charge in [-0.15, -0.1) is 0 Å². The van der Waals surface area contributed by atoms with Crippen molar-refractivity contribution >= 4 is 5.91 Å². The van der Waals surface area contributed by atoms with Crippen molar-refractivity contribution in [3.05, 3.63) is 30.1 Å². The number of hydrogen-bond acceptors (Lipinski definition) is 3. The van der Waals surface area contributed by atoms with Gasteiger partial charge >= 0.3 is 0 Å². The molecule has 0 saturated heterocycles. The number of carbonyl (C=O) groups is 1. The van der Waals surface area contributed by atoms with Crippen LogP contribution in [0.1, 0.15) is 19.4 Å². The lowest BCUT2D eigenvalue weighted by Gasteiger charge is -2.26. The molecule has 0 fully saturated rings. The van der Waals surface area contributed by atoms with Gasteiger partial charge in [-0.2, -0.15) is 0 Å². The lowest BCUT2D eigenvalue weighted by molar-refractivity contribution is -0.135. The number of hydrogen-bond donors (Lipinski definition) is 0. The Kier molecular flexibility index (Phi) is 5.78. The van der Waals surface area contributed by atoms with Gasteiger partial charge in [-0.1, -0.05) is 19.9 Å². The van der Waals surface area contributed by atoms with Crippen LogP contribution in [0.5, 0.6) is 0 Å². The van der Waals surface area contributed by atoms with Crippen molar-refractivity contribution in [3.8, 4) is 0 Å². The standard InChI is InChI=1S/C14H23N3O/c1-12(2)14(18)17(9-8-16(3)4)11-13-6-5-7-15-10-13/h5-7,10,12H,8-9,11H2,1-4H3. The Morgan fingerprint density at radius 3 is 2.56 bits per heavy atom. The summed E-state index contributed by atoms with van der Waals surface area (Å²) < 4.78 is 0. The second-order valence-electron chi connectivity index (χ2n) is 5.08. The van der Waals surface area contributed by atoms with Gasteiger partial charge < -0.3 is 9.80 Å². The third-order valence-corrected chi connectivity index (χ3v) is 2.72. The molecule has 18 heavy (non-hydrogen) atoms. The molecule has 1 rings (SSSR count). The summed E-state index contributed by atoms with van der Waals surface area (Å²) in [5, 5.41) is 0. The molecular formula is C14H23N3O. The quantitative estimate of drug-likeness (QED) is 0.769. The first-order valence-corrected chi connectivity index (χ1v) is 6.33. The average molecular weight is 249 g/mol. The zero-order valence-electron chi connectivity index (χ0n) is 11.8. The van der Waals surface area contributed by atoms with E-state index in [-0.39, 0.29) is 11.8 Å². The minimum Gasteiger partial charge on any atom is -0.337 e. The summed E-state index contributed by atoms with van der Waals surface area (Å²) >= 11 is 0. The molecule has 0 aliphatic carbocycles.